The third kappa shape index (κ3) is 4.52. The number of esters is 2. The predicted octanol–water partition coefficient (Wildman–Crippen LogP) is 2.91. The maximum atomic E-state index is 12.4. The zero-order chi connectivity index (χ0) is 20.0. The van der Waals surface area contributed by atoms with Crippen LogP contribution in [0.3, 0.4) is 0 Å². The van der Waals surface area contributed by atoms with Crippen molar-refractivity contribution >= 4 is 17.6 Å². The second kappa shape index (κ2) is 8.98. The van der Waals surface area contributed by atoms with Crippen molar-refractivity contribution in [1.29, 1.82) is 0 Å². The second-order valence-corrected chi connectivity index (χ2v) is 6.03. The van der Waals surface area contributed by atoms with Crippen molar-refractivity contribution in [1.82, 2.24) is 4.90 Å². The molecule has 1 aliphatic rings. The number of methoxy groups -OCH3 is 2. The highest BCUT2D eigenvalue weighted by atomic mass is 16.6. The molecular formula is C19H22N2O6. The Bertz CT molecular complexity index is 765. The standard InChI is InChI=1S/C19H22N2O6/c1-4-5-9-20-11-15(18(22)26-2)17(16(12-20)19(23)27-3)13-7-6-8-14(10-13)21(24)25/h6-8,10-12,17H,4-5,9H2,1-3H3. The number of carbonyl (C=O) groups excluding carboxylic acids is 2. The van der Waals surface area contributed by atoms with Crippen LogP contribution >= 0.6 is 0 Å². The van der Waals surface area contributed by atoms with Gasteiger partial charge in [-0.25, -0.2) is 9.59 Å². The lowest BCUT2D eigenvalue weighted by molar-refractivity contribution is -0.384. The molecule has 0 aliphatic carbocycles. The number of non-ortho nitro benzene ring substituents is 1. The van der Waals surface area contributed by atoms with Crippen LogP contribution in [0.4, 0.5) is 5.69 Å². The van der Waals surface area contributed by atoms with E-state index in [0.29, 0.717) is 12.1 Å². The number of hydrogen-bond acceptors (Lipinski definition) is 7. The highest BCUT2D eigenvalue weighted by Crippen LogP contribution is 2.38. The number of unbranched alkanes of at least 4 members (excludes halogenated alkanes) is 1. The maximum Gasteiger partial charge on any atom is 0.336 e. The van der Waals surface area contributed by atoms with Crippen LogP contribution in [-0.4, -0.2) is 42.5 Å². The highest BCUT2D eigenvalue weighted by Gasteiger charge is 2.35. The van der Waals surface area contributed by atoms with Gasteiger partial charge in [0.05, 0.1) is 36.2 Å². The van der Waals surface area contributed by atoms with Crippen molar-refractivity contribution in [2.75, 3.05) is 20.8 Å². The van der Waals surface area contributed by atoms with Crippen LogP contribution in [0, 0.1) is 10.1 Å². The minimum absolute atomic E-state index is 0.130. The van der Waals surface area contributed by atoms with Crippen LogP contribution in [0.15, 0.2) is 47.8 Å². The number of rotatable bonds is 7. The summed E-state index contributed by atoms with van der Waals surface area (Å²) in [6.07, 6.45) is 5.04. The molecule has 1 aromatic carbocycles. The van der Waals surface area contributed by atoms with Crippen molar-refractivity contribution in [3.05, 3.63) is 63.5 Å². The molecule has 8 heteroatoms. The lowest BCUT2D eigenvalue weighted by atomic mass is 9.83. The number of carbonyl (C=O) groups is 2. The van der Waals surface area contributed by atoms with Gasteiger partial charge in [0, 0.05) is 31.1 Å². The Labute approximate surface area is 157 Å². The molecule has 0 aromatic heterocycles. The molecule has 1 aromatic rings. The SMILES string of the molecule is CCCCN1C=C(C(=O)OC)C(c2cccc([N+](=O)[O-])c2)C(C(=O)OC)=C1. The van der Waals surface area contributed by atoms with E-state index in [4.69, 9.17) is 9.47 Å². The third-order valence-electron chi connectivity index (χ3n) is 4.26. The summed E-state index contributed by atoms with van der Waals surface area (Å²) in [5.74, 6) is -2.03. The molecule has 0 saturated carbocycles. The van der Waals surface area contributed by atoms with E-state index in [-0.39, 0.29) is 16.8 Å². The van der Waals surface area contributed by atoms with E-state index < -0.39 is 22.8 Å². The normalized spacial score (nSPS) is 14.3. The highest BCUT2D eigenvalue weighted by molar-refractivity contribution is 5.98. The number of ether oxygens (including phenoxy) is 2. The number of benzene rings is 1. The first kappa shape index (κ1) is 20.2. The zero-order valence-corrected chi connectivity index (χ0v) is 15.5. The third-order valence-corrected chi connectivity index (χ3v) is 4.26. The predicted molar refractivity (Wildman–Crippen MR) is 97.6 cm³/mol. The summed E-state index contributed by atoms with van der Waals surface area (Å²) in [6, 6.07) is 5.84. The van der Waals surface area contributed by atoms with Crippen LogP contribution in [0.1, 0.15) is 31.2 Å². The van der Waals surface area contributed by atoms with Crippen molar-refractivity contribution in [3.8, 4) is 0 Å². The van der Waals surface area contributed by atoms with Crippen LogP contribution in [0.2, 0.25) is 0 Å². The molecule has 2 rings (SSSR count). The maximum absolute atomic E-state index is 12.4. The Morgan fingerprint density at radius 3 is 2.22 bits per heavy atom. The van der Waals surface area contributed by atoms with Crippen molar-refractivity contribution in [2.45, 2.75) is 25.7 Å². The molecule has 0 N–H and O–H groups in total. The van der Waals surface area contributed by atoms with E-state index in [0.717, 1.165) is 12.8 Å². The van der Waals surface area contributed by atoms with E-state index in [1.54, 1.807) is 23.4 Å². The zero-order valence-electron chi connectivity index (χ0n) is 15.5. The Hall–Kier alpha value is -3.16. The smallest absolute Gasteiger partial charge is 0.336 e. The Kier molecular flexibility index (Phi) is 6.70. The molecule has 0 bridgehead atoms. The van der Waals surface area contributed by atoms with Gasteiger partial charge in [-0.1, -0.05) is 25.5 Å². The van der Waals surface area contributed by atoms with E-state index in [9.17, 15) is 19.7 Å². The van der Waals surface area contributed by atoms with Gasteiger partial charge in [0.2, 0.25) is 0 Å². The molecule has 0 spiro atoms. The summed E-state index contributed by atoms with van der Waals surface area (Å²) in [5, 5.41) is 11.1. The second-order valence-electron chi connectivity index (χ2n) is 6.03. The van der Waals surface area contributed by atoms with Crippen LogP contribution in [-0.2, 0) is 19.1 Å². The van der Waals surface area contributed by atoms with Crippen LogP contribution in [0.5, 0.6) is 0 Å². The molecule has 27 heavy (non-hydrogen) atoms. The summed E-state index contributed by atoms with van der Waals surface area (Å²) in [5.41, 5.74) is 0.746. The molecule has 1 aliphatic heterocycles. The van der Waals surface area contributed by atoms with Gasteiger partial charge in [-0.3, -0.25) is 10.1 Å². The summed E-state index contributed by atoms with van der Waals surface area (Å²) >= 11 is 0. The van der Waals surface area contributed by atoms with Gasteiger partial charge in [0.1, 0.15) is 0 Å². The van der Waals surface area contributed by atoms with Crippen molar-refractivity contribution < 1.29 is 24.0 Å². The minimum atomic E-state index is -0.817. The molecule has 0 saturated heterocycles. The lowest BCUT2D eigenvalue weighted by Crippen LogP contribution is -2.29. The van der Waals surface area contributed by atoms with Gasteiger partial charge in [-0.2, -0.15) is 0 Å². The van der Waals surface area contributed by atoms with E-state index in [2.05, 4.69) is 0 Å². The van der Waals surface area contributed by atoms with Gasteiger partial charge < -0.3 is 14.4 Å². The number of hydrogen-bond donors (Lipinski definition) is 0. The largest absolute Gasteiger partial charge is 0.466 e. The topological polar surface area (TPSA) is 99.0 Å². The van der Waals surface area contributed by atoms with E-state index >= 15 is 0 Å². The fraction of sp³-hybridized carbons (Fsp3) is 0.368. The molecule has 0 fully saturated rings. The van der Waals surface area contributed by atoms with Crippen LogP contribution in [0.25, 0.3) is 0 Å². The van der Waals surface area contributed by atoms with Crippen molar-refractivity contribution in [3.63, 3.8) is 0 Å². The molecule has 0 unspecified atom stereocenters. The molecule has 0 atom stereocenters. The monoisotopic (exact) mass is 374 g/mol. The van der Waals surface area contributed by atoms with E-state index in [1.165, 1.54) is 32.4 Å². The first-order valence-electron chi connectivity index (χ1n) is 8.53. The van der Waals surface area contributed by atoms with Crippen LogP contribution < -0.4 is 0 Å². The molecular weight excluding hydrogens is 352 g/mol. The fourth-order valence-electron chi connectivity index (χ4n) is 2.93. The van der Waals surface area contributed by atoms with Gasteiger partial charge >= 0.3 is 11.9 Å². The first-order chi connectivity index (χ1) is 12.9. The summed E-state index contributed by atoms with van der Waals surface area (Å²) < 4.78 is 9.77. The molecule has 144 valence electrons. The molecule has 0 radical (unpaired) electrons. The average molecular weight is 374 g/mol. The minimum Gasteiger partial charge on any atom is -0.466 e. The summed E-state index contributed by atoms with van der Waals surface area (Å²) in [7, 11) is 2.50. The van der Waals surface area contributed by atoms with Gasteiger partial charge in [-0.15, -0.1) is 0 Å². The lowest BCUT2D eigenvalue weighted by Gasteiger charge is -2.30. The van der Waals surface area contributed by atoms with Gasteiger partial charge in [0.25, 0.3) is 5.69 Å². The molecule has 1 heterocycles. The quantitative estimate of drug-likeness (QED) is 0.411. The number of nitrogens with zero attached hydrogens (tertiary/aromatic N) is 2. The number of nitro groups is 1. The van der Waals surface area contributed by atoms with Gasteiger partial charge in [-0.05, 0) is 12.0 Å². The van der Waals surface area contributed by atoms with E-state index in [1.807, 2.05) is 6.92 Å². The Morgan fingerprint density at radius 2 is 1.74 bits per heavy atom. The molecule has 0 amide bonds. The number of nitro benzene ring substituents is 1. The summed E-state index contributed by atoms with van der Waals surface area (Å²) in [6.45, 7) is 2.64. The first-order valence-corrected chi connectivity index (χ1v) is 8.53. The average Bonchev–Trinajstić information content (AvgIpc) is 2.70. The fourth-order valence-corrected chi connectivity index (χ4v) is 2.93. The molecule has 8 nitrogen and oxygen atoms in total. The Morgan fingerprint density at radius 1 is 1.15 bits per heavy atom. The Balaban J connectivity index is 2.59. The van der Waals surface area contributed by atoms with Crippen molar-refractivity contribution in [2.24, 2.45) is 0 Å². The summed E-state index contributed by atoms with van der Waals surface area (Å²) in [4.78, 5) is 37.2. The van der Waals surface area contributed by atoms with Gasteiger partial charge in [0.15, 0.2) is 0 Å².